The summed E-state index contributed by atoms with van der Waals surface area (Å²) in [5.74, 6) is 0. The third-order valence-corrected chi connectivity index (χ3v) is 6.42. The fraction of sp³-hybridized carbons (Fsp3) is 0.789. The van der Waals surface area contributed by atoms with E-state index >= 15 is 0 Å². The van der Waals surface area contributed by atoms with Crippen LogP contribution in [0.15, 0.2) is 18.7 Å². The molecule has 0 radical (unpaired) electrons. The SMILES string of the molecule is CC(C)N1C2CCC1CN(C(=O)NC1CCCC1n1ccnc1)CC2. The molecule has 4 unspecified atom stereocenters. The average Bonchev–Trinajstić information content (AvgIpc) is 3.26. The van der Waals surface area contributed by atoms with Gasteiger partial charge in [0.25, 0.3) is 0 Å². The first-order valence-electron chi connectivity index (χ1n) is 9.94. The molecule has 1 aromatic rings. The Morgan fingerprint density at radius 2 is 2.00 bits per heavy atom. The van der Waals surface area contributed by atoms with Crippen LogP contribution in [0.2, 0.25) is 0 Å². The van der Waals surface area contributed by atoms with Gasteiger partial charge in [-0.05, 0) is 52.4 Å². The van der Waals surface area contributed by atoms with Gasteiger partial charge in [0.1, 0.15) is 0 Å². The van der Waals surface area contributed by atoms with Crippen molar-refractivity contribution in [3.05, 3.63) is 18.7 Å². The molecule has 3 aliphatic rings. The summed E-state index contributed by atoms with van der Waals surface area (Å²) in [6, 6.07) is 2.47. The Balaban J connectivity index is 1.40. The van der Waals surface area contributed by atoms with Gasteiger partial charge in [-0.25, -0.2) is 9.78 Å². The molecule has 2 bridgehead atoms. The summed E-state index contributed by atoms with van der Waals surface area (Å²) in [5.41, 5.74) is 0. The number of imidazole rings is 1. The lowest BCUT2D eigenvalue weighted by Crippen LogP contribution is -2.49. The van der Waals surface area contributed by atoms with Gasteiger partial charge in [0, 0.05) is 43.6 Å². The Bertz CT molecular complexity index is 587. The zero-order chi connectivity index (χ0) is 17.4. The predicted octanol–water partition coefficient (Wildman–Crippen LogP) is 2.63. The highest BCUT2D eigenvalue weighted by Crippen LogP contribution is 2.33. The van der Waals surface area contributed by atoms with E-state index in [1.807, 2.05) is 18.7 Å². The maximum Gasteiger partial charge on any atom is 0.317 e. The standard InChI is InChI=1S/C19H31N5O/c1-14(2)24-15-6-7-16(24)12-22(10-8-15)19(25)21-17-4-3-5-18(17)23-11-9-20-13-23/h9,11,13-18H,3-8,10,12H2,1-2H3,(H,21,25). The molecule has 25 heavy (non-hydrogen) atoms. The highest BCUT2D eigenvalue weighted by molar-refractivity contribution is 5.74. The molecule has 2 saturated heterocycles. The van der Waals surface area contributed by atoms with Crippen LogP contribution < -0.4 is 5.32 Å². The molecule has 0 spiro atoms. The second kappa shape index (κ2) is 6.98. The van der Waals surface area contributed by atoms with Gasteiger partial charge < -0.3 is 14.8 Å². The first-order valence-corrected chi connectivity index (χ1v) is 9.94. The minimum absolute atomic E-state index is 0.133. The Morgan fingerprint density at radius 1 is 1.16 bits per heavy atom. The quantitative estimate of drug-likeness (QED) is 0.916. The van der Waals surface area contributed by atoms with E-state index in [9.17, 15) is 4.79 Å². The summed E-state index contributed by atoms with van der Waals surface area (Å²) in [6.07, 6.45) is 12.7. The van der Waals surface area contributed by atoms with Crippen molar-refractivity contribution in [3.8, 4) is 0 Å². The van der Waals surface area contributed by atoms with Gasteiger partial charge in [-0.15, -0.1) is 0 Å². The fourth-order valence-corrected chi connectivity index (χ4v) is 5.32. The predicted molar refractivity (Wildman–Crippen MR) is 97.4 cm³/mol. The van der Waals surface area contributed by atoms with Gasteiger partial charge in [0.05, 0.1) is 18.4 Å². The largest absolute Gasteiger partial charge is 0.333 e. The maximum absolute atomic E-state index is 12.9. The Hall–Kier alpha value is -1.56. The van der Waals surface area contributed by atoms with Crippen LogP contribution in [-0.4, -0.2) is 62.6 Å². The smallest absolute Gasteiger partial charge is 0.317 e. The molecule has 3 heterocycles. The molecule has 0 aromatic carbocycles. The zero-order valence-corrected chi connectivity index (χ0v) is 15.5. The van der Waals surface area contributed by atoms with Gasteiger partial charge in [-0.2, -0.15) is 0 Å². The van der Waals surface area contributed by atoms with Crippen molar-refractivity contribution < 1.29 is 4.79 Å². The van der Waals surface area contributed by atoms with Crippen molar-refractivity contribution in [1.82, 2.24) is 24.7 Å². The molecule has 1 aromatic heterocycles. The average molecular weight is 345 g/mol. The van der Waals surface area contributed by atoms with E-state index in [0.717, 1.165) is 32.4 Å². The van der Waals surface area contributed by atoms with Crippen LogP contribution in [0.5, 0.6) is 0 Å². The number of carbonyl (C=O) groups is 1. The molecule has 1 saturated carbocycles. The molecule has 2 aliphatic heterocycles. The third-order valence-electron chi connectivity index (χ3n) is 6.42. The van der Waals surface area contributed by atoms with Gasteiger partial charge in [0.2, 0.25) is 0 Å². The molecule has 4 rings (SSSR count). The van der Waals surface area contributed by atoms with E-state index in [-0.39, 0.29) is 12.1 Å². The van der Waals surface area contributed by atoms with E-state index in [1.165, 1.54) is 19.3 Å². The number of carbonyl (C=O) groups excluding carboxylic acids is 1. The molecule has 3 fully saturated rings. The Morgan fingerprint density at radius 3 is 2.76 bits per heavy atom. The van der Waals surface area contributed by atoms with Crippen LogP contribution in [0.4, 0.5) is 4.79 Å². The van der Waals surface area contributed by atoms with E-state index in [0.29, 0.717) is 24.2 Å². The molecule has 1 N–H and O–H groups in total. The fourth-order valence-electron chi connectivity index (χ4n) is 5.32. The highest BCUT2D eigenvalue weighted by atomic mass is 16.2. The van der Waals surface area contributed by atoms with Crippen molar-refractivity contribution in [1.29, 1.82) is 0 Å². The Labute approximate surface area is 150 Å². The first-order chi connectivity index (χ1) is 12.1. The number of hydrogen-bond donors (Lipinski definition) is 1. The zero-order valence-electron chi connectivity index (χ0n) is 15.5. The molecule has 1 aliphatic carbocycles. The maximum atomic E-state index is 12.9. The molecule has 6 nitrogen and oxygen atoms in total. The molecule has 2 amide bonds. The number of nitrogens with zero attached hydrogens (tertiary/aromatic N) is 4. The Kier molecular flexibility index (Phi) is 4.71. The first kappa shape index (κ1) is 16.9. The molecule has 6 heteroatoms. The van der Waals surface area contributed by atoms with E-state index in [4.69, 9.17) is 0 Å². The van der Waals surface area contributed by atoms with Crippen LogP contribution in [0.25, 0.3) is 0 Å². The summed E-state index contributed by atoms with van der Waals surface area (Å²) >= 11 is 0. The van der Waals surface area contributed by atoms with Crippen molar-refractivity contribution >= 4 is 6.03 Å². The monoisotopic (exact) mass is 345 g/mol. The lowest BCUT2D eigenvalue weighted by Gasteiger charge is -2.32. The molecule has 4 atom stereocenters. The summed E-state index contributed by atoms with van der Waals surface area (Å²) in [5, 5.41) is 3.34. The number of nitrogens with one attached hydrogen (secondary N) is 1. The number of hydrogen-bond acceptors (Lipinski definition) is 3. The lowest BCUT2D eigenvalue weighted by atomic mass is 10.1. The van der Waals surface area contributed by atoms with Crippen molar-refractivity contribution in [2.24, 2.45) is 0 Å². The highest BCUT2D eigenvalue weighted by Gasteiger charge is 2.40. The molecule has 138 valence electrons. The molecular weight excluding hydrogens is 314 g/mol. The number of likely N-dealkylation sites (tertiary alicyclic amines) is 1. The van der Waals surface area contributed by atoms with Crippen LogP contribution in [0.1, 0.15) is 58.4 Å². The van der Waals surface area contributed by atoms with Crippen molar-refractivity contribution in [2.75, 3.05) is 13.1 Å². The second-order valence-electron chi connectivity index (χ2n) is 8.22. The van der Waals surface area contributed by atoms with Crippen LogP contribution >= 0.6 is 0 Å². The number of urea groups is 1. The number of aromatic nitrogens is 2. The summed E-state index contributed by atoms with van der Waals surface area (Å²) < 4.78 is 2.16. The number of rotatable bonds is 3. The van der Waals surface area contributed by atoms with Gasteiger partial charge in [0.15, 0.2) is 0 Å². The van der Waals surface area contributed by atoms with Gasteiger partial charge >= 0.3 is 6.03 Å². The van der Waals surface area contributed by atoms with E-state index < -0.39 is 0 Å². The van der Waals surface area contributed by atoms with Gasteiger partial charge in [-0.1, -0.05) is 0 Å². The van der Waals surface area contributed by atoms with E-state index in [1.54, 1.807) is 0 Å². The van der Waals surface area contributed by atoms with Crippen LogP contribution in [-0.2, 0) is 0 Å². The summed E-state index contributed by atoms with van der Waals surface area (Å²) in [7, 11) is 0. The van der Waals surface area contributed by atoms with Crippen molar-refractivity contribution in [2.45, 2.75) is 82.6 Å². The minimum atomic E-state index is 0.133. The van der Waals surface area contributed by atoms with Crippen molar-refractivity contribution in [3.63, 3.8) is 0 Å². The van der Waals surface area contributed by atoms with Gasteiger partial charge in [-0.3, -0.25) is 4.90 Å². The second-order valence-corrected chi connectivity index (χ2v) is 8.22. The topological polar surface area (TPSA) is 53.4 Å². The third kappa shape index (κ3) is 3.28. The molecular formula is C19H31N5O. The number of fused-ring (bicyclic) bond motifs is 2. The number of amides is 2. The lowest BCUT2D eigenvalue weighted by molar-refractivity contribution is 0.146. The van der Waals surface area contributed by atoms with Crippen LogP contribution in [0.3, 0.4) is 0 Å². The minimum Gasteiger partial charge on any atom is -0.333 e. The van der Waals surface area contributed by atoms with E-state index in [2.05, 4.69) is 38.5 Å². The van der Waals surface area contributed by atoms with Crippen LogP contribution in [0, 0.1) is 0 Å². The summed E-state index contributed by atoms with van der Waals surface area (Å²) in [4.78, 5) is 21.8. The summed E-state index contributed by atoms with van der Waals surface area (Å²) in [6.45, 7) is 6.34. The normalized spacial score (nSPS) is 33.0.